The summed E-state index contributed by atoms with van der Waals surface area (Å²) in [6, 6.07) is 5.46. The van der Waals surface area contributed by atoms with Crippen LogP contribution < -0.4 is 0 Å². The van der Waals surface area contributed by atoms with Crippen molar-refractivity contribution in [2.75, 3.05) is 5.75 Å². The summed E-state index contributed by atoms with van der Waals surface area (Å²) < 4.78 is 2.09. The van der Waals surface area contributed by atoms with Crippen molar-refractivity contribution < 1.29 is 9.90 Å². The molecule has 1 aromatic heterocycles. The number of fused-ring (bicyclic) bond motifs is 1. The zero-order valence-corrected chi connectivity index (χ0v) is 13.2. The van der Waals surface area contributed by atoms with Gasteiger partial charge in [-0.15, -0.1) is 24.2 Å². The Balaban J connectivity index is 0.00000161. The Morgan fingerprint density at radius 1 is 1.52 bits per heavy atom. The van der Waals surface area contributed by atoms with Crippen molar-refractivity contribution >= 4 is 30.1 Å². The fourth-order valence-corrected chi connectivity index (χ4v) is 4.00. The molecule has 3 rings (SSSR count). The molecule has 0 radical (unpaired) electrons. The Bertz CT molecular complexity index is 631. The highest BCUT2D eigenvalue weighted by Gasteiger charge is 2.27. The number of halogens is 1. The van der Waals surface area contributed by atoms with E-state index in [2.05, 4.69) is 16.5 Å². The molecule has 1 aromatic carbocycles. The predicted molar refractivity (Wildman–Crippen MR) is 85.5 cm³/mol. The maximum Gasteiger partial charge on any atom is 0.335 e. The summed E-state index contributed by atoms with van der Waals surface area (Å²) in [4.78, 5) is 16.4. The lowest BCUT2D eigenvalue weighted by Gasteiger charge is -2.31. The number of hydrogen-bond donors (Lipinski definition) is 1. The zero-order chi connectivity index (χ0) is 14.1. The average molecular weight is 325 g/mol. The van der Waals surface area contributed by atoms with E-state index < -0.39 is 5.97 Å². The third kappa shape index (κ3) is 3.24. The molecule has 2 aromatic rings. The summed E-state index contributed by atoms with van der Waals surface area (Å²) in [6.45, 7) is 3.11. The summed E-state index contributed by atoms with van der Waals surface area (Å²) in [7, 11) is 0. The number of carboxylic acid groups (broad SMARTS) is 1. The fraction of sp³-hybridized carbons (Fsp3) is 0.333. The largest absolute Gasteiger partial charge is 0.478 e. The van der Waals surface area contributed by atoms with E-state index in [4.69, 9.17) is 5.11 Å². The first-order valence-electron chi connectivity index (χ1n) is 6.61. The van der Waals surface area contributed by atoms with Gasteiger partial charge in [0.15, 0.2) is 0 Å². The first-order valence-corrected chi connectivity index (χ1v) is 7.59. The molecule has 2 heterocycles. The molecule has 0 saturated heterocycles. The molecule has 1 aliphatic rings. The lowest BCUT2D eigenvalue weighted by molar-refractivity contribution is 0.0696. The van der Waals surface area contributed by atoms with Gasteiger partial charge in [-0.1, -0.05) is 6.92 Å². The molecular weight excluding hydrogens is 308 g/mol. The molecule has 112 valence electrons. The van der Waals surface area contributed by atoms with E-state index in [9.17, 15) is 4.79 Å². The van der Waals surface area contributed by atoms with Gasteiger partial charge in [0.05, 0.1) is 11.9 Å². The van der Waals surface area contributed by atoms with Crippen LogP contribution in [0.3, 0.4) is 0 Å². The van der Waals surface area contributed by atoms with Gasteiger partial charge in [-0.2, -0.15) is 0 Å². The van der Waals surface area contributed by atoms with Gasteiger partial charge in [-0.3, -0.25) is 0 Å². The fourth-order valence-electron chi connectivity index (χ4n) is 2.64. The van der Waals surface area contributed by atoms with Crippen molar-refractivity contribution in [1.82, 2.24) is 9.55 Å². The number of carbonyl (C=O) groups is 1. The van der Waals surface area contributed by atoms with Crippen molar-refractivity contribution in [2.45, 2.75) is 24.3 Å². The highest BCUT2D eigenvalue weighted by Crippen LogP contribution is 2.41. The number of aromatic nitrogens is 2. The van der Waals surface area contributed by atoms with Crippen LogP contribution in [0, 0.1) is 5.92 Å². The first-order chi connectivity index (χ1) is 9.65. The lowest BCUT2D eigenvalue weighted by atomic mass is 9.87. The van der Waals surface area contributed by atoms with Crippen LogP contribution in [0.25, 0.3) is 0 Å². The predicted octanol–water partition coefficient (Wildman–Crippen LogP) is 3.53. The normalized spacial score (nSPS) is 20.4. The van der Waals surface area contributed by atoms with E-state index in [1.54, 1.807) is 12.3 Å². The molecule has 0 spiro atoms. The molecule has 21 heavy (non-hydrogen) atoms. The average Bonchev–Trinajstić information content (AvgIpc) is 2.94. The Hall–Kier alpha value is -1.46. The quantitative estimate of drug-likeness (QED) is 0.938. The summed E-state index contributed by atoms with van der Waals surface area (Å²) >= 11 is 1.82. The molecule has 0 aliphatic carbocycles. The van der Waals surface area contributed by atoms with Gasteiger partial charge in [0.1, 0.15) is 0 Å². The Morgan fingerprint density at radius 2 is 2.33 bits per heavy atom. The molecule has 1 aliphatic heterocycles. The van der Waals surface area contributed by atoms with E-state index >= 15 is 0 Å². The first kappa shape index (κ1) is 15.9. The van der Waals surface area contributed by atoms with E-state index in [1.807, 2.05) is 36.4 Å². The highest BCUT2D eigenvalue weighted by molar-refractivity contribution is 7.99. The topological polar surface area (TPSA) is 55.1 Å². The second-order valence-electron chi connectivity index (χ2n) is 5.18. The van der Waals surface area contributed by atoms with Crippen LogP contribution in [-0.2, 0) is 6.54 Å². The van der Waals surface area contributed by atoms with Crippen LogP contribution in [0.1, 0.15) is 28.8 Å². The van der Waals surface area contributed by atoms with Crippen LogP contribution in [0.15, 0.2) is 41.8 Å². The van der Waals surface area contributed by atoms with Crippen LogP contribution in [0.4, 0.5) is 0 Å². The molecule has 0 amide bonds. The lowest BCUT2D eigenvalue weighted by Crippen LogP contribution is -2.23. The van der Waals surface area contributed by atoms with Gasteiger partial charge in [0.2, 0.25) is 0 Å². The van der Waals surface area contributed by atoms with E-state index in [1.165, 1.54) is 4.90 Å². The Morgan fingerprint density at radius 3 is 3.00 bits per heavy atom. The maximum absolute atomic E-state index is 11.1. The molecule has 2 unspecified atom stereocenters. The number of hydrogen-bond acceptors (Lipinski definition) is 3. The highest BCUT2D eigenvalue weighted by atomic mass is 35.5. The number of carboxylic acids is 1. The zero-order valence-electron chi connectivity index (χ0n) is 11.6. The van der Waals surface area contributed by atoms with Crippen molar-refractivity contribution in [3.63, 3.8) is 0 Å². The van der Waals surface area contributed by atoms with Gasteiger partial charge < -0.3 is 9.67 Å². The van der Waals surface area contributed by atoms with Crippen LogP contribution in [-0.4, -0.2) is 26.4 Å². The van der Waals surface area contributed by atoms with Crippen molar-refractivity contribution in [2.24, 2.45) is 5.92 Å². The van der Waals surface area contributed by atoms with Crippen molar-refractivity contribution in [3.05, 3.63) is 48.0 Å². The van der Waals surface area contributed by atoms with Gasteiger partial charge in [-0.05, 0) is 35.6 Å². The van der Waals surface area contributed by atoms with Gasteiger partial charge in [-0.25, -0.2) is 9.78 Å². The molecule has 4 nitrogen and oxygen atoms in total. The van der Waals surface area contributed by atoms with Gasteiger partial charge in [0.25, 0.3) is 0 Å². The van der Waals surface area contributed by atoms with E-state index in [-0.39, 0.29) is 12.4 Å². The Labute approximate surface area is 134 Å². The molecule has 1 N–H and O–H groups in total. The number of thioether (sulfide) groups is 1. The van der Waals surface area contributed by atoms with E-state index in [0.717, 1.165) is 17.9 Å². The molecule has 0 saturated carbocycles. The second-order valence-corrected chi connectivity index (χ2v) is 6.24. The number of rotatable bonds is 3. The van der Waals surface area contributed by atoms with Gasteiger partial charge in [0, 0.05) is 29.6 Å². The number of nitrogens with zero attached hydrogens (tertiary/aromatic N) is 2. The molecule has 2 atom stereocenters. The van der Waals surface area contributed by atoms with Crippen molar-refractivity contribution in [3.8, 4) is 0 Å². The molecule has 0 bridgehead atoms. The molecular formula is C15H17ClN2O2S. The van der Waals surface area contributed by atoms with E-state index in [0.29, 0.717) is 17.4 Å². The smallest absolute Gasteiger partial charge is 0.335 e. The molecule has 0 fully saturated rings. The maximum atomic E-state index is 11.1. The summed E-state index contributed by atoms with van der Waals surface area (Å²) in [5.74, 6) is 1.04. The SMILES string of the molecule is CC1c2cc(C(=O)O)ccc2SCC1Cn1ccnc1.Cl. The molecule has 6 heteroatoms. The van der Waals surface area contributed by atoms with Crippen LogP contribution in [0.5, 0.6) is 0 Å². The van der Waals surface area contributed by atoms with Crippen LogP contribution in [0.2, 0.25) is 0 Å². The number of benzene rings is 1. The second kappa shape index (κ2) is 6.54. The minimum atomic E-state index is -0.860. The number of imidazole rings is 1. The van der Waals surface area contributed by atoms with Gasteiger partial charge >= 0.3 is 5.97 Å². The summed E-state index contributed by atoms with van der Waals surface area (Å²) in [5, 5.41) is 9.13. The number of aromatic carboxylic acids is 1. The summed E-state index contributed by atoms with van der Waals surface area (Å²) in [5.41, 5.74) is 1.53. The third-order valence-electron chi connectivity index (χ3n) is 3.91. The minimum Gasteiger partial charge on any atom is -0.478 e. The standard InChI is InChI=1S/C15H16N2O2S.ClH/c1-10-12(7-17-5-4-16-9-17)8-20-14-3-2-11(15(18)19)6-13(10)14;/h2-6,9-10,12H,7-8H2,1H3,(H,18,19);1H. The third-order valence-corrected chi connectivity index (χ3v) is 5.19. The Kier molecular flexibility index (Phi) is 4.96. The summed E-state index contributed by atoms with van der Waals surface area (Å²) in [6.07, 6.45) is 5.60. The van der Waals surface area contributed by atoms with Crippen molar-refractivity contribution in [1.29, 1.82) is 0 Å². The van der Waals surface area contributed by atoms with Crippen LogP contribution >= 0.6 is 24.2 Å². The monoisotopic (exact) mass is 324 g/mol. The minimum absolute atomic E-state index is 0.